The molecule has 0 radical (unpaired) electrons. The molecular formula is C18H35N3O2. The summed E-state index contributed by atoms with van der Waals surface area (Å²) in [6.07, 6.45) is 6.70. The van der Waals surface area contributed by atoms with Crippen LogP contribution in [0.3, 0.4) is 0 Å². The van der Waals surface area contributed by atoms with Crippen LogP contribution in [0.25, 0.3) is 0 Å². The van der Waals surface area contributed by atoms with Crippen molar-refractivity contribution in [3.8, 4) is 0 Å². The highest BCUT2D eigenvalue weighted by molar-refractivity contribution is 5.69. The van der Waals surface area contributed by atoms with Gasteiger partial charge in [0.15, 0.2) is 0 Å². The molecule has 0 spiro atoms. The molecule has 5 nitrogen and oxygen atoms in total. The van der Waals surface area contributed by atoms with E-state index < -0.39 is 5.60 Å². The standard InChI is InChI=1S/C18H35N3O2/c1-5-21-12-6-8-15(9-13-21)19-14-18(10-7-11-18)20-16(22)23-17(2,3)4/h15,19H,5-14H2,1-4H3,(H,20,22). The molecular weight excluding hydrogens is 290 g/mol. The van der Waals surface area contributed by atoms with Gasteiger partial charge in [-0.25, -0.2) is 4.79 Å². The Morgan fingerprint density at radius 1 is 1.22 bits per heavy atom. The summed E-state index contributed by atoms with van der Waals surface area (Å²) >= 11 is 0. The van der Waals surface area contributed by atoms with Gasteiger partial charge in [-0.3, -0.25) is 0 Å². The van der Waals surface area contributed by atoms with E-state index in [1.54, 1.807) is 0 Å². The maximum atomic E-state index is 12.1. The van der Waals surface area contributed by atoms with Crippen LogP contribution in [-0.4, -0.2) is 54.4 Å². The van der Waals surface area contributed by atoms with Crippen molar-refractivity contribution in [3.63, 3.8) is 0 Å². The Morgan fingerprint density at radius 2 is 1.96 bits per heavy atom. The largest absolute Gasteiger partial charge is 0.444 e. The van der Waals surface area contributed by atoms with Gasteiger partial charge in [0.25, 0.3) is 0 Å². The molecule has 2 N–H and O–H groups in total. The average Bonchev–Trinajstić information content (AvgIpc) is 2.64. The Morgan fingerprint density at radius 3 is 2.52 bits per heavy atom. The van der Waals surface area contributed by atoms with Gasteiger partial charge in [-0.05, 0) is 78.9 Å². The lowest BCUT2D eigenvalue weighted by Crippen LogP contribution is -2.60. The van der Waals surface area contributed by atoms with Gasteiger partial charge in [-0.1, -0.05) is 6.92 Å². The first-order chi connectivity index (χ1) is 10.8. The number of likely N-dealkylation sites (tertiary alicyclic amines) is 1. The number of amides is 1. The Labute approximate surface area is 141 Å². The molecule has 1 aliphatic heterocycles. The Kier molecular flexibility index (Phi) is 6.32. The number of alkyl carbamates (subject to hydrolysis) is 1. The van der Waals surface area contributed by atoms with Gasteiger partial charge in [-0.2, -0.15) is 0 Å². The van der Waals surface area contributed by atoms with Crippen molar-refractivity contribution in [2.24, 2.45) is 0 Å². The summed E-state index contributed by atoms with van der Waals surface area (Å²) in [5.41, 5.74) is -0.535. The summed E-state index contributed by atoms with van der Waals surface area (Å²) in [4.78, 5) is 14.6. The quantitative estimate of drug-likeness (QED) is 0.816. The number of hydrogen-bond acceptors (Lipinski definition) is 4. The molecule has 1 unspecified atom stereocenters. The smallest absolute Gasteiger partial charge is 0.408 e. The second-order valence-corrected chi connectivity index (χ2v) is 8.20. The molecule has 1 saturated carbocycles. The maximum Gasteiger partial charge on any atom is 0.408 e. The molecule has 0 aromatic heterocycles. The third-order valence-corrected chi connectivity index (χ3v) is 5.07. The van der Waals surface area contributed by atoms with E-state index in [4.69, 9.17) is 4.74 Å². The van der Waals surface area contributed by atoms with E-state index in [0.717, 1.165) is 25.9 Å². The number of hydrogen-bond donors (Lipinski definition) is 2. The fourth-order valence-electron chi connectivity index (χ4n) is 3.49. The summed E-state index contributed by atoms with van der Waals surface area (Å²) in [7, 11) is 0. The Balaban J connectivity index is 1.79. The van der Waals surface area contributed by atoms with Crippen molar-refractivity contribution in [3.05, 3.63) is 0 Å². The molecule has 0 bridgehead atoms. The van der Waals surface area contributed by atoms with E-state index in [1.807, 2.05) is 20.8 Å². The highest BCUT2D eigenvalue weighted by atomic mass is 16.6. The fraction of sp³-hybridized carbons (Fsp3) is 0.944. The molecule has 2 fully saturated rings. The van der Waals surface area contributed by atoms with Crippen LogP contribution < -0.4 is 10.6 Å². The van der Waals surface area contributed by atoms with Crippen molar-refractivity contribution >= 4 is 6.09 Å². The number of ether oxygens (including phenoxy) is 1. The van der Waals surface area contributed by atoms with E-state index in [0.29, 0.717) is 6.04 Å². The fourth-order valence-corrected chi connectivity index (χ4v) is 3.49. The van der Waals surface area contributed by atoms with Gasteiger partial charge in [-0.15, -0.1) is 0 Å². The zero-order valence-electron chi connectivity index (χ0n) is 15.4. The number of nitrogens with zero attached hydrogens (tertiary/aromatic N) is 1. The summed E-state index contributed by atoms with van der Waals surface area (Å²) < 4.78 is 5.43. The first-order valence-electron chi connectivity index (χ1n) is 9.29. The van der Waals surface area contributed by atoms with Crippen LogP contribution >= 0.6 is 0 Å². The SMILES string of the molecule is CCN1CCCC(NCC2(NC(=O)OC(C)(C)C)CCC2)CC1. The maximum absolute atomic E-state index is 12.1. The molecule has 1 amide bonds. The van der Waals surface area contributed by atoms with Gasteiger partial charge in [0.2, 0.25) is 0 Å². The first-order valence-corrected chi connectivity index (χ1v) is 9.29. The monoisotopic (exact) mass is 325 g/mol. The molecule has 1 atom stereocenters. The van der Waals surface area contributed by atoms with Gasteiger partial charge in [0.1, 0.15) is 5.60 Å². The van der Waals surface area contributed by atoms with E-state index in [2.05, 4.69) is 22.5 Å². The number of carbonyl (C=O) groups is 1. The van der Waals surface area contributed by atoms with Crippen molar-refractivity contribution in [2.75, 3.05) is 26.2 Å². The van der Waals surface area contributed by atoms with E-state index in [9.17, 15) is 4.79 Å². The highest BCUT2D eigenvalue weighted by Crippen LogP contribution is 2.32. The van der Waals surface area contributed by atoms with Crippen molar-refractivity contribution < 1.29 is 9.53 Å². The zero-order valence-corrected chi connectivity index (χ0v) is 15.4. The average molecular weight is 325 g/mol. The highest BCUT2D eigenvalue weighted by Gasteiger charge is 2.39. The zero-order chi connectivity index (χ0) is 16.9. The summed E-state index contributed by atoms with van der Waals surface area (Å²) in [6, 6.07) is 0.574. The van der Waals surface area contributed by atoms with Crippen molar-refractivity contribution in [1.29, 1.82) is 0 Å². The lowest BCUT2D eigenvalue weighted by atomic mass is 9.76. The van der Waals surface area contributed by atoms with Crippen LogP contribution in [0.15, 0.2) is 0 Å². The normalized spacial score (nSPS) is 25.3. The Hall–Kier alpha value is -0.810. The summed E-state index contributed by atoms with van der Waals surface area (Å²) in [5.74, 6) is 0. The Bertz CT molecular complexity index is 388. The molecule has 1 heterocycles. The van der Waals surface area contributed by atoms with E-state index in [-0.39, 0.29) is 11.6 Å². The molecule has 1 aliphatic carbocycles. The minimum Gasteiger partial charge on any atom is -0.444 e. The van der Waals surface area contributed by atoms with Crippen LogP contribution in [0.4, 0.5) is 4.79 Å². The van der Waals surface area contributed by atoms with Gasteiger partial charge in [0, 0.05) is 12.6 Å². The third kappa shape index (κ3) is 5.96. The summed E-state index contributed by atoms with van der Waals surface area (Å²) in [5, 5.41) is 6.85. The molecule has 0 aromatic carbocycles. The van der Waals surface area contributed by atoms with Crippen LogP contribution in [-0.2, 0) is 4.74 Å². The predicted molar refractivity (Wildman–Crippen MR) is 93.7 cm³/mol. The lowest BCUT2D eigenvalue weighted by molar-refractivity contribution is 0.0378. The molecule has 2 rings (SSSR count). The third-order valence-electron chi connectivity index (χ3n) is 5.07. The van der Waals surface area contributed by atoms with Crippen LogP contribution in [0.1, 0.15) is 66.2 Å². The minimum absolute atomic E-state index is 0.0981. The van der Waals surface area contributed by atoms with E-state index in [1.165, 1.54) is 38.8 Å². The van der Waals surface area contributed by atoms with Gasteiger partial charge >= 0.3 is 6.09 Å². The van der Waals surface area contributed by atoms with E-state index >= 15 is 0 Å². The first kappa shape index (κ1) is 18.5. The second kappa shape index (κ2) is 7.84. The molecule has 2 aliphatic rings. The summed E-state index contributed by atoms with van der Waals surface area (Å²) in [6.45, 7) is 12.4. The predicted octanol–water partition coefficient (Wildman–Crippen LogP) is 2.90. The second-order valence-electron chi connectivity index (χ2n) is 8.20. The molecule has 5 heteroatoms. The van der Waals surface area contributed by atoms with Gasteiger partial charge < -0.3 is 20.3 Å². The molecule has 0 aromatic rings. The number of rotatable bonds is 5. The molecule has 1 saturated heterocycles. The lowest BCUT2D eigenvalue weighted by Gasteiger charge is -2.43. The van der Waals surface area contributed by atoms with Crippen molar-refractivity contribution in [1.82, 2.24) is 15.5 Å². The topological polar surface area (TPSA) is 53.6 Å². The van der Waals surface area contributed by atoms with Gasteiger partial charge in [0.05, 0.1) is 5.54 Å². The number of nitrogens with one attached hydrogen (secondary N) is 2. The molecule has 23 heavy (non-hydrogen) atoms. The van der Waals surface area contributed by atoms with Crippen LogP contribution in [0, 0.1) is 0 Å². The molecule has 134 valence electrons. The number of carbonyl (C=O) groups excluding carboxylic acids is 1. The minimum atomic E-state index is -0.437. The van der Waals surface area contributed by atoms with Crippen molar-refractivity contribution in [2.45, 2.75) is 83.4 Å². The van der Waals surface area contributed by atoms with Crippen LogP contribution in [0.2, 0.25) is 0 Å². The van der Waals surface area contributed by atoms with Crippen LogP contribution in [0.5, 0.6) is 0 Å².